The Labute approximate surface area is 174 Å². The average molecular weight is 424 g/mol. The first-order valence-corrected chi connectivity index (χ1v) is 9.75. The molecule has 3 N–H and O–H groups in total. The van der Waals surface area contributed by atoms with Crippen molar-refractivity contribution in [3.05, 3.63) is 76.7 Å². The molecule has 0 saturated heterocycles. The Morgan fingerprint density at radius 1 is 1.20 bits per heavy atom. The number of nitrogens with one attached hydrogen (secondary N) is 1. The highest BCUT2D eigenvalue weighted by Crippen LogP contribution is 2.34. The Morgan fingerprint density at radius 2 is 1.97 bits per heavy atom. The van der Waals surface area contributed by atoms with Gasteiger partial charge < -0.3 is 15.8 Å². The van der Waals surface area contributed by atoms with Gasteiger partial charge in [0.05, 0.1) is 17.2 Å². The van der Waals surface area contributed by atoms with Crippen LogP contribution in [0, 0.1) is 5.82 Å². The number of nitrogens with zero attached hydrogens (tertiary/aromatic N) is 2. The third-order valence-corrected chi connectivity index (χ3v) is 5.69. The predicted molar refractivity (Wildman–Crippen MR) is 113 cm³/mol. The summed E-state index contributed by atoms with van der Waals surface area (Å²) >= 11 is 1.22. The number of thiophene rings is 1. The van der Waals surface area contributed by atoms with Gasteiger partial charge in [0.15, 0.2) is 0 Å². The van der Waals surface area contributed by atoms with E-state index in [2.05, 4.69) is 10.4 Å². The molecule has 4 rings (SSSR count). The van der Waals surface area contributed by atoms with Crippen LogP contribution < -0.4 is 11.1 Å². The van der Waals surface area contributed by atoms with Gasteiger partial charge in [-0.1, -0.05) is 6.07 Å². The molecule has 0 atom stereocenters. The van der Waals surface area contributed by atoms with Gasteiger partial charge in [0, 0.05) is 34.6 Å². The van der Waals surface area contributed by atoms with E-state index in [0.29, 0.717) is 31.9 Å². The number of hydrogen-bond donors (Lipinski definition) is 2. The molecule has 152 valence electrons. The van der Waals surface area contributed by atoms with Crippen LogP contribution in [0.3, 0.4) is 0 Å². The van der Waals surface area contributed by atoms with E-state index in [9.17, 15) is 14.0 Å². The van der Waals surface area contributed by atoms with E-state index in [4.69, 9.17) is 10.5 Å². The summed E-state index contributed by atoms with van der Waals surface area (Å²) < 4.78 is 21.7. The van der Waals surface area contributed by atoms with E-state index in [-0.39, 0.29) is 24.0 Å². The van der Waals surface area contributed by atoms with Gasteiger partial charge in [0.25, 0.3) is 11.8 Å². The molecule has 2 heterocycles. The number of nitrogens with two attached hydrogens (primary N) is 1. The van der Waals surface area contributed by atoms with Crippen LogP contribution in [0.15, 0.2) is 54.7 Å². The van der Waals surface area contributed by atoms with Crippen molar-refractivity contribution in [1.82, 2.24) is 9.78 Å². The molecule has 4 aromatic rings. The maximum atomic E-state index is 14.3. The van der Waals surface area contributed by atoms with Crippen molar-refractivity contribution in [2.45, 2.75) is 6.61 Å². The van der Waals surface area contributed by atoms with E-state index < -0.39 is 5.91 Å². The van der Waals surface area contributed by atoms with Crippen LogP contribution >= 0.6 is 11.3 Å². The molecule has 7 nitrogen and oxygen atoms in total. The highest BCUT2D eigenvalue weighted by molar-refractivity contribution is 7.21. The molecule has 0 unspecified atom stereocenters. The standard InChI is InChI=1S/C21H17FN4O3S/c1-29-11-14-18-15(22)3-2-4-17(18)30-19(14)21(28)24-12-5-7-13(8-6-12)26-10-9-16(25-26)20(23)27/h2-10H,11H2,1H3,(H2,23,27)(H,24,28). The third kappa shape index (κ3) is 3.68. The maximum absolute atomic E-state index is 14.3. The molecule has 0 aliphatic carbocycles. The minimum atomic E-state index is -0.607. The fourth-order valence-corrected chi connectivity index (χ4v) is 4.23. The van der Waals surface area contributed by atoms with Crippen molar-refractivity contribution >= 4 is 38.9 Å². The van der Waals surface area contributed by atoms with Crippen molar-refractivity contribution in [3.8, 4) is 5.69 Å². The van der Waals surface area contributed by atoms with Crippen molar-refractivity contribution in [2.24, 2.45) is 5.73 Å². The van der Waals surface area contributed by atoms with E-state index in [1.807, 2.05) is 0 Å². The molecule has 2 aromatic heterocycles. The number of carbonyl (C=O) groups is 2. The first-order chi connectivity index (χ1) is 14.5. The summed E-state index contributed by atoms with van der Waals surface area (Å²) in [6.45, 7) is 0.129. The molecular weight excluding hydrogens is 407 g/mol. The minimum Gasteiger partial charge on any atom is -0.380 e. The third-order valence-electron chi connectivity index (χ3n) is 4.49. The lowest BCUT2D eigenvalue weighted by Crippen LogP contribution is -2.13. The lowest BCUT2D eigenvalue weighted by molar-refractivity contribution is 0.0993. The second-order valence-corrected chi connectivity index (χ2v) is 7.52. The summed E-state index contributed by atoms with van der Waals surface area (Å²) in [7, 11) is 1.50. The molecule has 2 amide bonds. The van der Waals surface area contributed by atoms with Crippen LogP contribution in [0.2, 0.25) is 0 Å². The predicted octanol–water partition coefficient (Wildman–Crippen LogP) is 3.72. The Hall–Kier alpha value is -3.56. The number of primary amides is 1. The Morgan fingerprint density at radius 3 is 2.63 bits per heavy atom. The second-order valence-electron chi connectivity index (χ2n) is 6.47. The number of methoxy groups -OCH3 is 1. The minimum absolute atomic E-state index is 0.129. The number of benzene rings is 2. The van der Waals surface area contributed by atoms with E-state index in [1.165, 1.54) is 35.3 Å². The van der Waals surface area contributed by atoms with Crippen LogP contribution in [0.1, 0.15) is 25.7 Å². The van der Waals surface area contributed by atoms with Gasteiger partial charge in [0.2, 0.25) is 0 Å². The van der Waals surface area contributed by atoms with Gasteiger partial charge in [-0.25, -0.2) is 9.07 Å². The monoisotopic (exact) mass is 424 g/mol. The zero-order valence-electron chi connectivity index (χ0n) is 15.9. The van der Waals surface area contributed by atoms with Crippen LogP contribution in [-0.4, -0.2) is 28.7 Å². The molecule has 0 aliphatic rings. The number of carbonyl (C=O) groups excluding carboxylic acids is 2. The van der Waals surface area contributed by atoms with E-state index in [0.717, 1.165) is 0 Å². The number of ether oxygens (including phenoxy) is 1. The van der Waals surface area contributed by atoms with Gasteiger partial charge in [-0.05, 0) is 42.5 Å². The molecule has 2 aromatic carbocycles. The van der Waals surface area contributed by atoms with E-state index >= 15 is 0 Å². The fraction of sp³-hybridized carbons (Fsp3) is 0.0952. The van der Waals surface area contributed by atoms with Gasteiger partial charge in [0.1, 0.15) is 11.5 Å². The average Bonchev–Trinajstić information content (AvgIpc) is 3.35. The first kappa shape index (κ1) is 19.7. The van der Waals surface area contributed by atoms with E-state index in [1.54, 1.807) is 42.6 Å². The van der Waals surface area contributed by atoms with Gasteiger partial charge >= 0.3 is 0 Å². The zero-order chi connectivity index (χ0) is 21.3. The lowest BCUT2D eigenvalue weighted by atomic mass is 10.1. The van der Waals surface area contributed by atoms with Crippen LogP contribution in [0.25, 0.3) is 15.8 Å². The molecule has 0 bridgehead atoms. The Bertz CT molecular complexity index is 1250. The number of aromatic nitrogens is 2. The van der Waals surface area contributed by atoms with Crippen LogP contribution in [0.5, 0.6) is 0 Å². The largest absolute Gasteiger partial charge is 0.380 e. The normalized spacial score (nSPS) is 11.0. The van der Waals surface area contributed by atoms with Crippen LogP contribution in [0.4, 0.5) is 10.1 Å². The van der Waals surface area contributed by atoms with Gasteiger partial charge in [-0.2, -0.15) is 5.10 Å². The highest BCUT2D eigenvalue weighted by Gasteiger charge is 2.21. The SMILES string of the molecule is COCc1c(C(=O)Nc2ccc(-n3ccc(C(N)=O)n3)cc2)sc2cccc(F)c12. The number of halogens is 1. The molecule has 0 fully saturated rings. The molecule has 0 spiro atoms. The molecule has 9 heteroatoms. The molecule has 30 heavy (non-hydrogen) atoms. The van der Waals surface area contributed by atoms with Crippen LogP contribution in [-0.2, 0) is 11.3 Å². The van der Waals surface area contributed by atoms with Gasteiger partial charge in [-0.3, -0.25) is 9.59 Å². The summed E-state index contributed by atoms with van der Waals surface area (Å²) in [5, 5.41) is 7.33. The smallest absolute Gasteiger partial charge is 0.269 e. The Balaban J connectivity index is 1.59. The summed E-state index contributed by atoms with van der Waals surface area (Å²) in [6, 6.07) is 13.2. The number of amides is 2. The van der Waals surface area contributed by atoms with Gasteiger partial charge in [-0.15, -0.1) is 11.3 Å². The quantitative estimate of drug-likeness (QED) is 0.493. The summed E-state index contributed by atoms with van der Waals surface area (Å²) in [4.78, 5) is 24.5. The first-order valence-electron chi connectivity index (χ1n) is 8.94. The number of rotatable bonds is 6. The summed E-state index contributed by atoms with van der Waals surface area (Å²) in [5.74, 6) is -1.33. The summed E-state index contributed by atoms with van der Waals surface area (Å²) in [5.41, 5.74) is 7.17. The molecule has 0 radical (unpaired) electrons. The maximum Gasteiger partial charge on any atom is 0.269 e. The number of fused-ring (bicyclic) bond motifs is 1. The number of anilines is 1. The Kier molecular flexibility index (Phi) is 5.30. The number of hydrogen-bond acceptors (Lipinski definition) is 5. The van der Waals surface area contributed by atoms with Crippen molar-refractivity contribution in [1.29, 1.82) is 0 Å². The lowest BCUT2D eigenvalue weighted by Gasteiger charge is -2.08. The molecule has 0 saturated carbocycles. The van der Waals surface area contributed by atoms with Crippen molar-refractivity contribution in [2.75, 3.05) is 12.4 Å². The van der Waals surface area contributed by atoms with Crippen molar-refractivity contribution in [3.63, 3.8) is 0 Å². The second kappa shape index (κ2) is 8.05. The fourth-order valence-electron chi connectivity index (χ4n) is 3.12. The van der Waals surface area contributed by atoms with Crippen molar-refractivity contribution < 1.29 is 18.7 Å². The summed E-state index contributed by atoms with van der Waals surface area (Å²) in [6.07, 6.45) is 1.62. The molecular formula is C21H17FN4O3S. The highest BCUT2D eigenvalue weighted by atomic mass is 32.1. The molecule has 0 aliphatic heterocycles. The topological polar surface area (TPSA) is 99.2 Å². The zero-order valence-corrected chi connectivity index (χ0v) is 16.7.